The minimum atomic E-state index is 0.529. The second kappa shape index (κ2) is 7.64. The zero-order valence-corrected chi connectivity index (χ0v) is 15.4. The number of hydrogen-bond donors (Lipinski definition) is 0. The van der Waals surface area contributed by atoms with Gasteiger partial charge >= 0.3 is 0 Å². The summed E-state index contributed by atoms with van der Waals surface area (Å²) in [6.45, 7) is 13.7. The molecule has 0 aliphatic carbocycles. The summed E-state index contributed by atoms with van der Waals surface area (Å²) in [4.78, 5) is 0. The van der Waals surface area contributed by atoms with Gasteiger partial charge in [-0.1, -0.05) is 96.2 Å². The number of hydrogen-bond acceptors (Lipinski definition) is 0. The average molecular weight is 306 g/mol. The lowest BCUT2D eigenvalue weighted by Gasteiger charge is -2.21. The standard InChI is InChI=1S/C23H30/c1-16(2)20-14-22(17(3)4)21(23(15-20)18(5)6)13-12-19-10-8-7-9-11-19/h7-18H,1-6H3/b13-12+. The summed E-state index contributed by atoms with van der Waals surface area (Å²) in [5.41, 5.74) is 7.04. The summed E-state index contributed by atoms with van der Waals surface area (Å²) < 4.78 is 0. The summed E-state index contributed by atoms with van der Waals surface area (Å²) in [7, 11) is 0. The van der Waals surface area contributed by atoms with Crippen LogP contribution in [0, 0.1) is 0 Å². The molecule has 0 unspecified atom stereocenters. The van der Waals surface area contributed by atoms with Crippen LogP contribution in [0.1, 0.15) is 87.1 Å². The molecule has 0 fully saturated rings. The number of benzene rings is 2. The van der Waals surface area contributed by atoms with Crippen LogP contribution in [-0.2, 0) is 0 Å². The van der Waals surface area contributed by atoms with Crippen molar-refractivity contribution in [3.63, 3.8) is 0 Å². The third-order valence-corrected chi connectivity index (χ3v) is 4.42. The largest absolute Gasteiger partial charge is 0.0622 e. The van der Waals surface area contributed by atoms with Gasteiger partial charge in [0.05, 0.1) is 0 Å². The molecule has 0 heterocycles. The highest BCUT2D eigenvalue weighted by Crippen LogP contribution is 2.33. The molecule has 0 aliphatic rings. The molecule has 0 spiro atoms. The molecule has 2 aromatic carbocycles. The van der Waals surface area contributed by atoms with Gasteiger partial charge in [-0.15, -0.1) is 0 Å². The first-order valence-electron chi connectivity index (χ1n) is 8.81. The molecular formula is C23H30. The van der Waals surface area contributed by atoms with E-state index in [-0.39, 0.29) is 0 Å². The molecule has 0 nitrogen and oxygen atoms in total. The van der Waals surface area contributed by atoms with E-state index in [4.69, 9.17) is 0 Å². The quantitative estimate of drug-likeness (QED) is 0.511. The van der Waals surface area contributed by atoms with Crippen molar-refractivity contribution in [3.05, 3.63) is 70.3 Å². The fraction of sp³-hybridized carbons (Fsp3) is 0.391. The highest BCUT2D eigenvalue weighted by Gasteiger charge is 2.15. The Kier molecular flexibility index (Phi) is 5.82. The van der Waals surface area contributed by atoms with Crippen LogP contribution in [0.2, 0.25) is 0 Å². The Bertz CT molecular complexity index is 629. The second-order valence-corrected chi connectivity index (χ2v) is 7.32. The average Bonchev–Trinajstić information content (AvgIpc) is 2.52. The molecule has 0 radical (unpaired) electrons. The maximum atomic E-state index is 2.41. The molecule has 2 rings (SSSR count). The van der Waals surface area contributed by atoms with Gasteiger partial charge < -0.3 is 0 Å². The topological polar surface area (TPSA) is 0 Å². The Hall–Kier alpha value is -1.82. The van der Waals surface area contributed by atoms with Crippen LogP contribution in [0.4, 0.5) is 0 Å². The minimum Gasteiger partial charge on any atom is -0.0622 e. The van der Waals surface area contributed by atoms with E-state index in [1.807, 2.05) is 0 Å². The molecule has 0 amide bonds. The van der Waals surface area contributed by atoms with Crippen molar-refractivity contribution in [2.24, 2.45) is 0 Å². The fourth-order valence-corrected chi connectivity index (χ4v) is 2.95. The Morgan fingerprint density at radius 1 is 0.652 bits per heavy atom. The summed E-state index contributed by atoms with van der Waals surface area (Å²) in [6.07, 6.45) is 4.55. The predicted octanol–water partition coefficient (Wildman–Crippen LogP) is 7.23. The molecule has 0 bridgehead atoms. The molecule has 0 saturated heterocycles. The second-order valence-electron chi connectivity index (χ2n) is 7.32. The molecule has 2 aromatic rings. The van der Waals surface area contributed by atoms with Crippen molar-refractivity contribution >= 4 is 12.2 Å². The third-order valence-electron chi connectivity index (χ3n) is 4.42. The number of rotatable bonds is 5. The van der Waals surface area contributed by atoms with Crippen LogP contribution < -0.4 is 0 Å². The molecule has 0 heteroatoms. The first-order chi connectivity index (χ1) is 10.9. The highest BCUT2D eigenvalue weighted by atomic mass is 14.2. The summed E-state index contributed by atoms with van der Waals surface area (Å²) in [5, 5.41) is 0. The molecule has 122 valence electrons. The van der Waals surface area contributed by atoms with Crippen LogP contribution in [0.25, 0.3) is 12.2 Å². The van der Waals surface area contributed by atoms with Crippen molar-refractivity contribution in [1.82, 2.24) is 0 Å². The van der Waals surface area contributed by atoms with Gasteiger partial charge in [-0.3, -0.25) is 0 Å². The van der Waals surface area contributed by atoms with E-state index >= 15 is 0 Å². The Morgan fingerprint density at radius 3 is 1.61 bits per heavy atom. The smallest absolute Gasteiger partial charge is 0.0187 e. The van der Waals surface area contributed by atoms with E-state index in [1.165, 1.54) is 27.8 Å². The van der Waals surface area contributed by atoms with Gasteiger partial charge in [-0.2, -0.15) is 0 Å². The molecule has 23 heavy (non-hydrogen) atoms. The van der Waals surface area contributed by atoms with E-state index in [0.717, 1.165) is 0 Å². The van der Waals surface area contributed by atoms with Crippen molar-refractivity contribution in [3.8, 4) is 0 Å². The van der Waals surface area contributed by atoms with Gasteiger partial charge in [-0.25, -0.2) is 0 Å². The SMILES string of the molecule is CC(C)c1cc(C(C)C)c(/C=C/c2ccccc2)c(C(C)C)c1. The van der Waals surface area contributed by atoms with E-state index in [0.29, 0.717) is 17.8 Å². The van der Waals surface area contributed by atoms with E-state index < -0.39 is 0 Å². The van der Waals surface area contributed by atoms with Gasteiger partial charge in [-0.05, 0) is 45.6 Å². The predicted molar refractivity (Wildman–Crippen MR) is 104 cm³/mol. The lowest BCUT2D eigenvalue weighted by atomic mass is 9.84. The Balaban J connectivity index is 2.57. The minimum absolute atomic E-state index is 0.529. The fourth-order valence-electron chi connectivity index (χ4n) is 2.95. The first kappa shape index (κ1) is 17.5. The summed E-state index contributed by atoms with van der Waals surface area (Å²) in [5.74, 6) is 1.63. The summed E-state index contributed by atoms with van der Waals surface area (Å²) in [6, 6.07) is 15.4. The van der Waals surface area contributed by atoms with Gasteiger partial charge in [0.15, 0.2) is 0 Å². The zero-order valence-electron chi connectivity index (χ0n) is 15.4. The lowest BCUT2D eigenvalue weighted by molar-refractivity contribution is 0.801. The van der Waals surface area contributed by atoms with Crippen LogP contribution in [0.15, 0.2) is 42.5 Å². The molecule has 0 saturated carbocycles. The van der Waals surface area contributed by atoms with E-state index in [2.05, 4.69) is 96.2 Å². The van der Waals surface area contributed by atoms with Crippen molar-refractivity contribution < 1.29 is 0 Å². The van der Waals surface area contributed by atoms with Crippen LogP contribution >= 0.6 is 0 Å². The van der Waals surface area contributed by atoms with Crippen LogP contribution in [0.3, 0.4) is 0 Å². The van der Waals surface area contributed by atoms with Crippen LogP contribution in [0.5, 0.6) is 0 Å². The molecule has 0 aromatic heterocycles. The Morgan fingerprint density at radius 2 is 1.17 bits per heavy atom. The summed E-state index contributed by atoms with van der Waals surface area (Å²) >= 11 is 0. The lowest BCUT2D eigenvalue weighted by Crippen LogP contribution is -2.03. The van der Waals surface area contributed by atoms with Crippen molar-refractivity contribution in [2.75, 3.05) is 0 Å². The van der Waals surface area contributed by atoms with Gasteiger partial charge in [0.25, 0.3) is 0 Å². The van der Waals surface area contributed by atoms with E-state index in [1.54, 1.807) is 0 Å². The molecule has 0 atom stereocenters. The van der Waals surface area contributed by atoms with Gasteiger partial charge in [0, 0.05) is 0 Å². The van der Waals surface area contributed by atoms with Gasteiger partial charge in [0.2, 0.25) is 0 Å². The molecular weight excluding hydrogens is 276 g/mol. The normalized spacial score (nSPS) is 12.0. The van der Waals surface area contributed by atoms with E-state index in [9.17, 15) is 0 Å². The van der Waals surface area contributed by atoms with Crippen molar-refractivity contribution in [2.45, 2.75) is 59.3 Å². The maximum Gasteiger partial charge on any atom is -0.0187 e. The molecule has 0 N–H and O–H groups in total. The van der Waals surface area contributed by atoms with Crippen LogP contribution in [-0.4, -0.2) is 0 Å². The van der Waals surface area contributed by atoms with Crippen molar-refractivity contribution in [1.29, 1.82) is 0 Å². The maximum absolute atomic E-state index is 2.41. The molecule has 0 aliphatic heterocycles. The Labute approximate surface area is 142 Å². The third kappa shape index (κ3) is 4.34. The highest BCUT2D eigenvalue weighted by molar-refractivity contribution is 5.74. The first-order valence-corrected chi connectivity index (χ1v) is 8.81. The zero-order chi connectivity index (χ0) is 17.0. The van der Waals surface area contributed by atoms with Gasteiger partial charge in [0.1, 0.15) is 0 Å². The monoisotopic (exact) mass is 306 g/mol.